The van der Waals surface area contributed by atoms with Crippen LogP contribution in [0.3, 0.4) is 0 Å². The molecule has 8 heteroatoms. The number of carbonyl (C=O) groups excluding carboxylic acids is 2. The van der Waals surface area contributed by atoms with E-state index in [1.54, 1.807) is 12.1 Å². The Morgan fingerprint density at radius 3 is 2.73 bits per heavy atom. The van der Waals surface area contributed by atoms with Crippen molar-refractivity contribution >= 4 is 29.5 Å². The van der Waals surface area contributed by atoms with Gasteiger partial charge in [0.1, 0.15) is 17.2 Å². The van der Waals surface area contributed by atoms with Gasteiger partial charge in [0.05, 0.1) is 0 Å². The first-order valence-electron chi connectivity index (χ1n) is 8.30. The standard InChI is InChI=1S/C18H20N2O5S/c1-3-12(25-11-7-5-4-6-8-11)15(21)19-13-16(22)20-14(18(23)24)10(2)9-26-17(13)20/h4-8,12-14,17H,2-3,9H2,1H3,(H,19,21)(H,23,24)/t12?,13?,14?,17-/m0/s1. The maximum Gasteiger partial charge on any atom is 0.330 e. The van der Waals surface area contributed by atoms with Gasteiger partial charge < -0.3 is 20.1 Å². The molecule has 2 aliphatic heterocycles. The summed E-state index contributed by atoms with van der Waals surface area (Å²) in [5.74, 6) is -0.873. The summed E-state index contributed by atoms with van der Waals surface area (Å²) >= 11 is 1.41. The lowest BCUT2D eigenvalue weighted by Crippen LogP contribution is -2.75. The molecule has 138 valence electrons. The van der Waals surface area contributed by atoms with Crippen LogP contribution in [0, 0.1) is 0 Å². The Kier molecular flexibility index (Phi) is 5.22. The second-order valence-corrected chi connectivity index (χ2v) is 7.27. The number of aliphatic carboxylic acids is 1. The third-order valence-corrected chi connectivity index (χ3v) is 5.78. The van der Waals surface area contributed by atoms with Crippen molar-refractivity contribution in [3.8, 4) is 5.75 Å². The van der Waals surface area contributed by atoms with Crippen LogP contribution >= 0.6 is 11.8 Å². The molecule has 26 heavy (non-hydrogen) atoms. The van der Waals surface area contributed by atoms with Gasteiger partial charge in [-0.2, -0.15) is 0 Å². The van der Waals surface area contributed by atoms with Gasteiger partial charge in [0.15, 0.2) is 12.1 Å². The fourth-order valence-corrected chi connectivity index (χ4v) is 4.37. The van der Waals surface area contributed by atoms with Crippen molar-refractivity contribution in [1.29, 1.82) is 0 Å². The number of hydrogen-bond acceptors (Lipinski definition) is 5. The van der Waals surface area contributed by atoms with Crippen LogP contribution in [-0.2, 0) is 14.4 Å². The minimum Gasteiger partial charge on any atom is -0.481 e. The highest BCUT2D eigenvalue weighted by atomic mass is 32.2. The Labute approximate surface area is 155 Å². The van der Waals surface area contributed by atoms with Crippen LogP contribution < -0.4 is 10.1 Å². The zero-order chi connectivity index (χ0) is 18.8. The molecule has 0 radical (unpaired) electrons. The number of benzene rings is 1. The smallest absolute Gasteiger partial charge is 0.330 e. The highest BCUT2D eigenvalue weighted by Crippen LogP contribution is 2.39. The van der Waals surface area contributed by atoms with E-state index in [9.17, 15) is 19.5 Å². The van der Waals surface area contributed by atoms with Crippen molar-refractivity contribution in [2.75, 3.05) is 5.75 Å². The molecule has 1 aromatic rings. The highest BCUT2D eigenvalue weighted by molar-refractivity contribution is 8.00. The van der Waals surface area contributed by atoms with E-state index >= 15 is 0 Å². The van der Waals surface area contributed by atoms with E-state index in [4.69, 9.17) is 4.74 Å². The summed E-state index contributed by atoms with van der Waals surface area (Å²) < 4.78 is 5.69. The Morgan fingerprint density at radius 2 is 2.12 bits per heavy atom. The topological polar surface area (TPSA) is 95.9 Å². The molecule has 4 atom stereocenters. The maximum atomic E-state index is 12.5. The molecule has 0 saturated carbocycles. The van der Waals surface area contributed by atoms with Crippen LogP contribution in [0.2, 0.25) is 0 Å². The van der Waals surface area contributed by atoms with Crippen molar-refractivity contribution in [3.05, 3.63) is 42.5 Å². The number of amides is 2. The van der Waals surface area contributed by atoms with Crippen molar-refractivity contribution in [3.63, 3.8) is 0 Å². The Bertz CT molecular complexity index is 738. The summed E-state index contributed by atoms with van der Waals surface area (Å²) in [5, 5.41) is 11.7. The van der Waals surface area contributed by atoms with Crippen LogP contribution in [0.25, 0.3) is 0 Å². The van der Waals surface area contributed by atoms with Crippen LogP contribution in [0.15, 0.2) is 42.5 Å². The number of carboxylic acid groups (broad SMARTS) is 1. The number of hydrogen-bond donors (Lipinski definition) is 2. The number of thioether (sulfide) groups is 1. The van der Waals surface area contributed by atoms with Gasteiger partial charge in [-0.3, -0.25) is 9.59 Å². The summed E-state index contributed by atoms with van der Waals surface area (Å²) in [6, 6.07) is 7.22. The minimum atomic E-state index is -1.10. The molecule has 2 heterocycles. The quantitative estimate of drug-likeness (QED) is 0.573. The molecular formula is C18H20N2O5S. The number of rotatable bonds is 6. The molecule has 0 aromatic heterocycles. The van der Waals surface area contributed by atoms with E-state index in [1.165, 1.54) is 16.7 Å². The van der Waals surface area contributed by atoms with Crippen LogP contribution in [-0.4, -0.2) is 57.1 Å². The first-order chi connectivity index (χ1) is 12.4. The SMILES string of the molecule is C=C1CS[C@H]2C(NC(=O)C(CC)Oc3ccccc3)C(=O)N2C1C(=O)O. The average Bonchev–Trinajstić information content (AvgIpc) is 2.64. The normalized spacial score (nSPS) is 25.7. The second kappa shape index (κ2) is 7.41. The number of fused-ring (bicyclic) bond motifs is 1. The van der Waals surface area contributed by atoms with Gasteiger partial charge in [-0.1, -0.05) is 31.7 Å². The molecule has 2 amide bonds. The summed E-state index contributed by atoms with van der Waals surface area (Å²) in [5.41, 5.74) is 0.482. The highest BCUT2D eigenvalue weighted by Gasteiger charge is 2.56. The monoisotopic (exact) mass is 376 g/mol. The lowest BCUT2D eigenvalue weighted by molar-refractivity contribution is -0.160. The van der Waals surface area contributed by atoms with Crippen LogP contribution in [0.1, 0.15) is 13.3 Å². The molecule has 2 fully saturated rings. The van der Waals surface area contributed by atoms with Gasteiger partial charge in [-0.25, -0.2) is 4.79 Å². The van der Waals surface area contributed by atoms with Crippen molar-refractivity contribution < 1.29 is 24.2 Å². The predicted octanol–water partition coefficient (Wildman–Crippen LogP) is 1.25. The number of nitrogens with zero attached hydrogens (tertiary/aromatic N) is 1. The zero-order valence-electron chi connectivity index (χ0n) is 14.3. The summed E-state index contributed by atoms with van der Waals surface area (Å²) in [4.78, 5) is 37.6. The van der Waals surface area contributed by atoms with E-state index in [-0.39, 0.29) is 5.91 Å². The first-order valence-corrected chi connectivity index (χ1v) is 9.35. The van der Waals surface area contributed by atoms with Crippen molar-refractivity contribution in [1.82, 2.24) is 10.2 Å². The van der Waals surface area contributed by atoms with Crippen molar-refractivity contribution in [2.24, 2.45) is 0 Å². The molecule has 0 spiro atoms. The largest absolute Gasteiger partial charge is 0.481 e. The molecule has 2 aliphatic rings. The minimum absolute atomic E-state index is 0.383. The molecule has 0 bridgehead atoms. The third-order valence-electron chi connectivity index (χ3n) is 4.40. The zero-order valence-corrected chi connectivity index (χ0v) is 15.1. The number of para-hydroxylation sites is 1. The number of ether oxygens (including phenoxy) is 1. The molecule has 3 unspecified atom stereocenters. The Hall–Kier alpha value is -2.48. The predicted molar refractivity (Wildman–Crippen MR) is 96.7 cm³/mol. The van der Waals surface area contributed by atoms with E-state index in [0.717, 1.165) is 0 Å². The summed E-state index contributed by atoms with van der Waals surface area (Å²) in [6.07, 6.45) is -0.282. The molecule has 2 saturated heterocycles. The van der Waals surface area contributed by atoms with Gasteiger partial charge in [0.2, 0.25) is 5.91 Å². The number of carbonyl (C=O) groups is 3. The van der Waals surface area contributed by atoms with E-state index in [2.05, 4.69) is 11.9 Å². The molecule has 2 N–H and O–H groups in total. The lowest BCUT2D eigenvalue weighted by atomic mass is 9.98. The van der Waals surface area contributed by atoms with Gasteiger partial charge >= 0.3 is 5.97 Å². The lowest BCUT2D eigenvalue weighted by Gasteiger charge is -2.52. The molecule has 3 rings (SSSR count). The van der Waals surface area contributed by atoms with E-state index in [1.807, 2.05) is 25.1 Å². The number of carboxylic acids is 1. The molecular weight excluding hydrogens is 356 g/mol. The van der Waals surface area contributed by atoms with Crippen molar-refractivity contribution in [2.45, 2.75) is 36.9 Å². The van der Waals surface area contributed by atoms with Crippen LogP contribution in [0.4, 0.5) is 0 Å². The van der Waals surface area contributed by atoms with E-state index < -0.39 is 35.4 Å². The van der Waals surface area contributed by atoms with Gasteiger partial charge in [-0.15, -0.1) is 11.8 Å². The fraction of sp³-hybridized carbons (Fsp3) is 0.389. The van der Waals surface area contributed by atoms with Gasteiger partial charge in [0, 0.05) is 5.75 Å². The van der Waals surface area contributed by atoms with E-state index in [0.29, 0.717) is 23.5 Å². The fourth-order valence-electron chi connectivity index (χ4n) is 3.06. The summed E-state index contributed by atoms with van der Waals surface area (Å²) in [6.45, 7) is 5.56. The molecule has 1 aromatic carbocycles. The van der Waals surface area contributed by atoms with Crippen LogP contribution in [0.5, 0.6) is 5.75 Å². The Morgan fingerprint density at radius 1 is 1.42 bits per heavy atom. The van der Waals surface area contributed by atoms with Gasteiger partial charge in [-0.05, 0) is 24.1 Å². The summed E-state index contributed by atoms with van der Waals surface area (Å²) in [7, 11) is 0. The second-order valence-electron chi connectivity index (χ2n) is 6.16. The molecule has 7 nitrogen and oxygen atoms in total. The molecule has 0 aliphatic carbocycles. The first kappa shape index (κ1) is 18.3. The average molecular weight is 376 g/mol. The Balaban J connectivity index is 1.65. The number of β-lactam (4-membered cyclic amide) rings is 1. The maximum absolute atomic E-state index is 12.5. The van der Waals surface area contributed by atoms with Gasteiger partial charge in [0.25, 0.3) is 5.91 Å². The number of nitrogens with one attached hydrogen (secondary N) is 1. The third kappa shape index (κ3) is 3.29.